The van der Waals surface area contributed by atoms with E-state index in [0.29, 0.717) is 11.9 Å². The normalized spacial score (nSPS) is 8.00. The molecule has 1 rings (SSSR count). The summed E-state index contributed by atoms with van der Waals surface area (Å²) in [6.07, 6.45) is 0. The fraction of sp³-hybridized carbons (Fsp3) is 0. The van der Waals surface area contributed by atoms with Crippen molar-refractivity contribution in [3.8, 4) is 0 Å². The van der Waals surface area contributed by atoms with Crippen molar-refractivity contribution < 1.29 is 17.5 Å². The molecule has 0 aliphatic rings. The van der Waals surface area contributed by atoms with Crippen LogP contribution in [0.2, 0.25) is 0 Å². The molecule has 0 spiro atoms. The third-order valence-corrected chi connectivity index (χ3v) is 0.361. The Morgan fingerprint density at radius 2 is 1.60 bits per heavy atom. The highest BCUT2D eigenvalue weighted by molar-refractivity contribution is 6.92. The van der Waals surface area contributed by atoms with Crippen LogP contribution in [0.3, 0.4) is 0 Å². The zero-order valence-corrected chi connectivity index (χ0v) is 2.86. The maximum Gasteiger partial charge on any atom is 0.341 e. The van der Waals surface area contributed by atoms with Gasteiger partial charge in [-0.15, -0.1) is 8.02 Å². The first kappa shape index (κ1) is 2.65. The second-order valence-electron chi connectivity index (χ2n) is 0.340. The molecule has 0 aliphatic heterocycles. The molecule has 30 valence electrons. The molecule has 0 fully saturated rings. The van der Waals surface area contributed by atoms with E-state index in [1.54, 1.807) is 0 Å². The highest BCUT2D eigenvalue weighted by atomic mass is 32.1. The first-order chi connectivity index (χ1) is 2.50. The molecule has 0 amide bonds. The Labute approximate surface area is 30.5 Å². The van der Waals surface area contributed by atoms with Crippen molar-refractivity contribution in [2.75, 3.05) is 0 Å². The van der Waals surface area contributed by atoms with Gasteiger partial charge < -0.3 is 0 Å². The van der Waals surface area contributed by atoms with E-state index in [1.807, 2.05) is 0 Å². The molecule has 0 unspecified atom stereocenters. The Morgan fingerprint density at radius 1 is 1.00 bits per heavy atom. The molecular weight excluding hydrogens is 96.1 g/mol. The van der Waals surface area contributed by atoms with Crippen molar-refractivity contribution in [2.45, 2.75) is 0 Å². The summed E-state index contributed by atoms with van der Waals surface area (Å²) in [4.78, 5) is 0. The van der Waals surface area contributed by atoms with Gasteiger partial charge in [-0.25, -0.2) is 0 Å². The van der Waals surface area contributed by atoms with E-state index in [1.165, 1.54) is 0 Å². The first-order valence-corrected chi connectivity index (χ1v) is 1.50. The minimum atomic E-state index is 0.630. The molecule has 1 aromatic rings. The minimum Gasteiger partial charge on any atom is -0.141 e. The van der Waals surface area contributed by atoms with Crippen LogP contribution in [0.4, 0.5) is 0 Å². The van der Waals surface area contributed by atoms with Crippen LogP contribution in [0.25, 0.3) is 0 Å². The summed E-state index contributed by atoms with van der Waals surface area (Å²) in [7, 11) is 0. The summed E-state index contributed by atoms with van der Waals surface area (Å²) in [5.74, 6) is 0. The molecule has 0 N–H and O–H groups in total. The standard InChI is InChI=1S/O4S/c1-2-4-5-3-1. The van der Waals surface area contributed by atoms with Crippen molar-refractivity contribution in [1.29, 1.82) is 0 Å². The maximum absolute atomic E-state index is 3.92. The summed E-state index contributed by atoms with van der Waals surface area (Å²) in [6, 6.07) is 0. The van der Waals surface area contributed by atoms with Crippen LogP contribution < -0.4 is 0 Å². The van der Waals surface area contributed by atoms with E-state index in [9.17, 15) is 0 Å². The average Bonchev–Trinajstić information content (AvgIpc) is 1.76. The van der Waals surface area contributed by atoms with Gasteiger partial charge in [0.05, 0.1) is 0 Å². The smallest absolute Gasteiger partial charge is 0.141 e. The summed E-state index contributed by atoms with van der Waals surface area (Å²) in [5.41, 5.74) is 0. The van der Waals surface area contributed by atoms with E-state index < -0.39 is 0 Å². The average molecular weight is 96.1 g/mol. The van der Waals surface area contributed by atoms with Gasteiger partial charge in [0.15, 0.2) is 0 Å². The summed E-state index contributed by atoms with van der Waals surface area (Å²) in [6.45, 7) is 0. The summed E-state index contributed by atoms with van der Waals surface area (Å²) >= 11 is 0.630. The molecule has 0 atom stereocenters. The Bertz CT molecular complexity index is 60.1. The zero-order valence-electron chi connectivity index (χ0n) is 2.04. The van der Waals surface area contributed by atoms with Gasteiger partial charge in [-0.05, 0) is 9.47 Å². The van der Waals surface area contributed by atoms with Gasteiger partial charge in [0, 0.05) is 0 Å². The molecule has 0 saturated heterocycles. The van der Waals surface area contributed by atoms with Gasteiger partial charge in [-0.1, -0.05) is 0 Å². The monoisotopic (exact) mass is 96.0 g/mol. The van der Waals surface area contributed by atoms with Gasteiger partial charge in [-0.2, -0.15) is 0 Å². The number of rotatable bonds is 0. The van der Waals surface area contributed by atoms with Gasteiger partial charge in [0.2, 0.25) is 0 Å². The molecule has 0 radical (unpaired) electrons. The molecule has 1 aromatic heterocycles. The molecule has 4 nitrogen and oxygen atoms in total. The lowest BCUT2D eigenvalue weighted by Crippen LogP contribution is -1.17. The van der Waals surface area contributed by atoms with Crippen molar-refractivity contribution >= 4 is 11.9 Å². The minimum absolute atomic E-state index is 0.630. The third kappa shape index (κ3) is 0.353. The van der Waals surface area contributed by atoms with E-state index in [2.05, 4.69) is 17.5 Å². The predicted molar refractivity (Wildman–Crippen MR) is 11.0 cm³/mol. The zero-order chi connectivity index (χ0) is 3.54. The van der Waals surface area contributed by atoms with Crippen molar-refractivity contribution in [3.05, 3.63) is 0 Å². The second kappa shape index (κ2) is 1.03. The Morgan fingerprint density at radius 3 is 1.80 bits per heavy atom. The SMILES string of the molecule is o1ooso1. The predicted octanol–water partition coefficient (Wildman–Crippen LogP) is 1.24. The fourth-order valence-corrected chi connectivity index (χ4v) is 0.170. The van der Waals surface area contributed by atoms with Crippen LogP contribution in [0, 0.1) is 0 Å². The van der Waals surface area contributed by atoms with Crippen LogP contribution in [0.15, 0.2) is 17.5 Å². The van der Waals surface area contributed by atoms with E-state index >= 15 is 0 Å². The number of hydrogen-bond acceptors (Lipinski definition) is 5. The van der Waals surface area contributed by atoms with Crippen molar-refractivity contribution in [3.63, 3.8) is 0 Å². The Balaban J connectivity index is 3.13. The highest BCUT2D eigenvalue weighted by Gasteiger charge is 1.65. The van der Waals surface area contributed by atoms with Gasteiger partial charge in [0.25, 0.3) is 0 Å². The topological polar surface area (TPSA) is 52.6 Å². The van der Waals surface area contributed by atoms with Crippen LogP contribution in [0.5, 0.6) is 0 Å². The largest absolute Gasteiger partial charge is 0.341 e. The quantitative estimate of drug-likeness (QED) is 0.456. The third-order valence-electron chi connectivity index (χ3n) is 0.139. The lowest BCUT2D eigenvalue weighted by Gasteiger charge is -1.38. The maximum atomic E-state index is 3.92. The Kier molecular flexibility index (Phi) is 0.543. The van der Waals surface area contributed by atoms with Crippen LogP contribution in [0.1, 0.15) is 0 Å². The molecular formula is O4S. The molecule has 0 aromatic carbocycles. The molecule has 5 heavy (non-hydrogen) atoms. The molecule has 0 aliphatic carbocycles. The number of hydrogen-bond donors (Lipinski definition) is 0. The lowest BCUT2D eigenvalue weighted by molar-refractivity contribution is -0.241. The molecule has 0 saturated carbocycles. The van der Waals surface area contributed by atoms with Crippen LogP contribution in [-0.4, -0.2) is 0 Å². The van der Waals surface area contributed by atoms with E-state index in [0.717, 1.165) is 0 Å². The van der Waals surface area contributed by atoms with Crippen molar-refractivity contribution in [2.24, 2.45) is 0 Å². The fourth-order valence-electron chi connectivity index (χ4n) is 0.0567. The molecule has 0 bridgehead atoms. The van der Waals surface area contributed by atoms with Crippen molar-refractivity contribution in [1.82, 2.24) is 0 Å². The molecule has 1 heterocycles. The second-order valence-corrected chi connectivity index (χ2v) is 0.748. The van der Waals surface area contributed by atoms with E-state index in [-0.39, 0.29) is 0 Å². The summed E-state index contributed by atoms with van der Waals surface area (Å²) in [5, 5.41) is 0. The van der Waals surface area contributed by atoms with E-state index in [4.69, 9.17) is 0 Å². The molecule has 5 heteroatoms. The van der Waals surface area contributed by atoms with Crippen LogP contribution >= 0.6 is 11.9 Å². The lowest BCUT2D eigenvalue weighted by atomic mass is 14.7. The highest BCUT2D eigenvalue weighted by Crippen LogP contribution is 1.91. The van der Waals surface area contributed by atoms with Gasteiger partial charge >= 0.3 is 11.9 Å². The van der Waals surface area contributed by atoms with Gasteiger partial charge in [-0.3, -0.25) is 0 Å². The first-order valence-electron chi connectivity index (χ1n) is 0.833. The van der Waals surface area contributed by atoms with Gasteiger partial charge in [0.1, 0.15) is 0 Å². The van der Waals surface area contributed by atoms with Crippen LogP contribution in [-0.2, 0) is 0 Å². The summed E-state index contributed by atoms with van der Waals surface area (Å²) < 4.78 is 15.2. The Hall–Kier alpha value is -0.580.